The van der Waals surface area contributed by atoms with Gasteiger partial charge in [-0.1, -0.05) is 63.1 Å². The first-order chi connectivity index (χ1) is 14.0. The summed E-state index contributed by atoms with van der Waals surface area (Å²) in [6.45, 7) is 4.87. The molecule has 3 rings (SSSR count). The standard InChI is InChI=1S/C24H31ClF2O2/c1-3-5-6-7-16-8-10-17(11-9-16)15-29-20-14-18-12-13-19(28-4-2)22(25)21(18)24(27)23(20)26/h12-14,16-17H,3-11,15H2,1-2H3. The number of benzene rings is 2. The summed E-state index contributed by atoms with van der Waals surface area (Å²) in [7, 11) is 0. The zero-order chi connectivity index (χ0) is 20.8. The highest BCUT2D eigenvalue weighted by Gasteiger charge is 2.23. The summed E-state index contributed by atoms with van der Waals surface area (Å²) in [6.07, 6.45) is 9.81. The SMILES string of the molecule is CCCCCC1CCC(COc2cc3ccc(OCC)c(Cl)c3c(F)c2F)CC1. The second kappa shape index (κ2) is 10.5. The van der Waals surface area contributed by atoms with Crippen LogP contribution in [0.4, 0.5) is 8.78 Å². The van der Waals surface area contributed by atoms with Crippen molar-refractivity contribution in [1.29, 1.82) is 0 Å². The number of hydrogen-bond donors (Lipinski definition) is 0. The second-order valence-corrected chi connectivity index (χ2v) is 8.48. The summed E-state index contributed by atoms with van der Waals surface area (Å²) in [5, 5.41) is 0.635. The maximum atomic E-state index is 14.7. The largest absolute Gasteiger partial charge is 0.492 e. The molecule has 0 spiro atoms. The molecule has 2 nitrogen and oxygen atoms in total. The molecule has 0 atom stereocenters. The predicted molar refractivity (Wildman–Crippen MR) is 115 cm³/mol. The van der Waals surface area contributed by atoms with Gasteiger partial charge in [-0.25, -0.2) is 4.39 Å². The van der Waals surface area contributed by atoms with Crippen LogP contribution in [0.25, 0.3) is 10.8 Å². The number of rotatable bonds is 9. The molecule has 2 aromatic rings. The zero-order valence-electron chi connectivity index (χ0n) is 17.4. The average Bonchev–Trinajstić information content (AvgIpc) is 2.72. The van der Waals surface area contributed by atoms with Crippen molar-refractivity contribution in [1.82, 2.24) is 0 Å². The molecule has 0 unspecified atom stereocenters. The fourth-order valence-electron chi connectivity index (χ4n) is 4.29. The van der Waals surface area contributed by atoms with Crippen molar-refractivity contribution in [2.24, 2.45) is 11.8 Å². The minimum atomic E-state index is -0.985. The molecule has 0 bridgehead atoms. The Kier molecular flexibility index (Phi) is 7.99. The Bertz CT molecular complexity index is 816. The molecule has 1 aliphatic rings. The third-order valence-electron chi connectivity index (χ3n) is 6.01. The lowest BCUT2D eigenvalue weighted by Crippen LogP contribution is -2.20. The lowest BCUT2D eigenvalue weighted by molar-refractivity contribution is 0.173. The van der Waals surface area contributed by atoms with Gasteiger partial charge >= 0.3 is 0 Å². The van der Waals surface area contributed by atoms with Crippen LogP contribution in [0.2, 0.25) is 5.02 Å². The molecule has 5 heteroatoms. The number of ether oxygens (including phenoxy) is 2. The summed E-state index contributed by atoms with van der Waals surface area (Å²) in [4.78, 5) is 0. The van der Waals surface area contributed by atoms with Crippen molar-refractivity contribution >= 4 is 22.4 Å². The summed E-state index contributed by atoms with van der Waals surface area (Å²) in [5.41, 5.74) is 0. The van der Waals surface area contributed by atoms with Gasteiger partial charge in [-0.2, -0.15) is 4.39 Å². The van der Waals surface area contributed by atoms with Gasteiger partial charge in [0.05, 0.1) is 18.2 Å². The molecule has 0 aliphatic heterocycles. The minimum Gasteiger partial charge on any atom is -0.492 e. The maximum absolute atomic E-state index is 14.7. The average molecular weight is 425 g/mol. The lowest BCUT2D eigenvalue weighted by Gasteiger charge is -2.28. The molecule has 0 saturated heterocycles. The van der Waals surface area contributed by atoms with E-state index < -0.39 is 11.6 Å². The van der Waals surface area contributed by atoms with Crippen LogP contribution < -0.4 is 9.47 Å². The molecule has 160 valence electrons. The first kappa shape index (κ1) is 22.1. The molecule has 0 amide bonds. The van der Waals surface area contributed by atoms with Gasteiger partial charge in [0.1, 0.15) is 5.75 Å². The molecule has 29 heavy (non-hydrogen) atoms. The van der Waals surface area contributed by atoms with E-state index in [0.29, 0.717) is 30.3 Å². The monoisotopic (exact) mass is 424 g/mol. The van der Waals surface area contributed by atoms with Crippen molar-refractivity contribution in [3.05, 3.63) is 34.9 Å². The topological polar surface area (TPSA) is 18.5 Å². The third-order valence-corrected chi connectivity index (χ3v) is 6.39. The van der Waals surface area contributed by atoms with E-state index in [9.17, 15) is 8.78 Å². The Morgan fingerprint density at radius 1 is 0.931 bits per heavy atom. The van der Waals surface area contributed by atoms with Gasteiger partial charge in [-0.15, -0.1) is 0 Å². The van der Waals surface area contributed by atoms with E-state index in [1.165, 1.54) is 44.6 Å². The highest BCUT2D eigenvalue weighted by atomic mass is 35.5. The molecular weight excluding hydrogens is 394 g/mol. The fourth-order valence-corrected chi connectivity index (χ4v) is 4.60. The first-order valence-corrected chi connectivity index (χ1v) is 11.3. The zero-order valence-corrected chi connectivity index (χ0v) is 18.2. The Morgan fingerprint density at radius 2 is 1.66 bits per heavy atom. The molecule has 0 heterocycles. The number of fused-ring (bicyclic) bond motifs is 1. The third kappa shape index (κ3) is 5.33. The van der Waals surface area contributed by atoms with E-state index in [-0.39, 0.29) is 16.2 Å². The predicted octanol–water partition coefficient (Wildman–Crippen LogP) is 7.94. The quantitative estimate of drug-likeness (QED) is 0.380. The summed E-state index contributed by atoms with van der Waals surface area (Å²) >= 11 is 6.24. The lowest BCUT2D eigenvalue weighted by atomic mass is 9.80. The number of unbranched alkanes of at least 4 members (excludes halogenated alkanes) is 2. The van der Waals surface area contributed by atoms with E-state index in [2.05, 4.69) is 6.92 Å². The molecular formula is C24H31ClF2O2. The van der Waals surface area contributed by atoms with Gasteiger partial charge in [0.25, 0.3) is 0 Å². The molecule has 0 radical (unpaired) electrons. The highest BCUT2D eigenvalue weighted by molar-refractivity contribution is 6.37. The summed E-state index contributed by atoms with van der Waals surface area (Å²) in [5.74, 6) is -0.441. The minimum absolute atomic E-state index is 0.0371. The maximum Gasteiger partial charge on any atom is 0.201 e. The van der Waals surface area contributed by atoms with Crippen LogP contribution in [0.1, 0.15) is 65.2 Å². The summed E-state index contributed by atoms with van der Waals surface area (Å²) < 4.78 is 40.4. The Morgan fingerprint density at radius 3 is 2.34 bits per heavy atom. The Hall–Kier alpha value is -1.55. The van der Waals surface area contributed by atoms with Crippen molar-refractivity contribution in [3.63, 3.8) is 0 Å². The fraction of sp³-hybridized carbons (Fsp3) is 0.583. The molecule has 1 aliphatic carbocycles. The van der Waals surface area contributed by atoms with E-state index in [4.69, 9.17) is 21.1 Å². The second-order valence-electron chi connectivity index (χ2n) is 8.11. The van der Waals surface area contributed by atoms with Crippen molar-refractivity contribution < 1.29 is 18.3 Å². The van der Waals surface area contributed by atoms with Crippen molar-refractivity contribution in [2.45, 2.75) is 65.2 Å². The van der Waals surface area contributed by atoms with Crippen molar-refractivity contribution in [2.75, 3.05) is 13.2 Å². The molecule has 1 fully saturated rings. The molecule has 0 aromatic heterocycles. The van der Waals surface area contributed by atoms with Gasteiger partial charge in [-0.3, -0.25) is 0 Å². The van der Waals surface area contributed by atoms with Gasteiger partial charge in [0, 0.05) is 5.39 Å². The smallest absolute Gasteiger partial charge is 0.201 e. The van der Waals surface area contributed by atoms with E-state index in [1.807, 2.05) is 6.92 Å². The van der Waals surface area contributed by atoms with Gasteiger partial charge < -0.3 is 9.47 Å². The van der Waals surface area contributed by atoms with Crippen LogP contribution in [-0.2, 0) is 0 Å². The van der Waals surface area contributed by atoms with Gasteiger partial charge in [0.15, 0.2) is 11.6 Å². The molecule has 1 saturated carbocycles. The van der Waals surface area contributed by atoms with Crippen LogP contribution in [0.5, 0.6) is 11.5 Å². The van der Waals surface area contributed by atoms with Crippen LogP contribution in [0, 0.1) is 23.5 Å². The van der Waals surface area contributed by atoms with Crippen LogP contribution >= 0.6 is 11.6 Å². The number of hydrogen-bond acceptors (Lipinski definition) is 2. The van der Waals surface area contributed by atoms with Gasteiger partial charge in [0.2, 0.25) is 5.82 Å². The van der Waals surface area contributed by atoms with E-state index in [1.54, 1.807) is 12.1 Å². The van der Waals surface area contributed by atoms with Crippen molar-refractivity contribution in [3.8, 4) is 11.5 Å². The molecule has 2 aromatic carbocycles. The van der Waals surface area contributed by atoms with Crippen LogP contribution in [0.3, 0.4) is 0 Å². The number of halogens is 3. The molecule has 0 N–H and O–H groups in total. The van der Waals surface area contributed by atoms with E-state index in [0.717, 1.165) is 18.8 Å². The first-order valence-electron chi connectivity index (χ1n) is 10.9. The Labute approximate surface area is 177 Å². The van der Waals surface area contributed by atoms with Crippen LogP contribution in [-0.4, -0.2) is 13.2 Å². The normalized spacial score (nSPS) is 19.5. The highest BCUT2D eigenvalue weighted by Crippen LogP contribution is 2.39. The van der Waals surface area contributed by atoms with Crippen LogP contribution in [0.15, 0.2) is 18.2 Å². The summed E-state index contributed by atoms with van der Waals surface area (Å²) in [6, 6.07) is 4.89. The van der Waals surface area contributed by atoms with E-state index >= 15 is 0 Å². The van der Waals surface area contributed by atoms with Gasteiger partial charge in [-0.05, 0) is 49.1 Å². The Balaban J connectivity index is 1.64.